The third-order valence-corrected chi connectivity index (χ3v) is 6.68. The average Bonchev–Trinajstić information content (AvgIpc) is 3.07. The van der Waals surface area contributed by atoms with Gasteiger partial charge in [0.2, 0.25) is 0 Å². The topological polar surface area (TPSA) is 103 Å². The van der Waals surface area contributed by atoms with Gasteiger partial charge >= 0.3 is 5.97 Å². The van der Waals surface area contributed by atoms with Gasteiger partial charge in [0.25, 0.3) is 5.91 Å². The van der Waals surface area contributed by atoms with Gasteiger partial charge in [0.15, 0.2) is 6.61 Å². The molecule has 2 aromatic rings. The zero-order valence-electron chi connectivity index (χ0n) is 17.5. The quantitative estimate of drug-likeness (QED) is 0.703. The van der Waals surface area contributed by atoms with E-state index in [4.69, 9.17) is 10.00 Å². The van der Waals surface area contributed by atoms with Crippen molar-refractivity contribution < 1.29 is 18.7 Å². The molecular formula is C23H22FN3O3S. The lowest BCUT2D eigenvalue weighted by molar-refractivity contribution is -0.119. The van der Waals surface area contributed by atoms with E-state index in [1.54, 1.807) is 6.07 Å². The number of halogens is 1. The minimum atomic E-state index is -1.00. The summed E-state index contributed by atoms with van der Waals surface area (Å²) in [5, 5.41) is 21.5. The minimum Gasteiger partial charge on any atom is -0.452 e. The number of carbonyl (C=O) groups excluding carboxylic acids is 2. The number of anilines is 1. The van der Waals surface area contributed by atoms with Crippen LogP contribution in [0.3, 0.4) is 0 Å². The Kier molecular flexibility index (Phi) is 6.42. The van der Waals surface area contributed by atoms with Gasteiger partial charge in [-0.25, -0.2) is 9.18 Å². The third-order valence-electron chi connectivity index (χ3n) is 5.51. The van der Waals surface area contributed by atoms with E-state index in [2.05, 4.69) is 32.2 Å². The first-order valence-corrected chi connectivity index (χ1v) is 10.7. The van der Waals surface area contributed by atoms with Crippen molar-refractivity contribution in [3.63, 3.8) is 0 Å². The number of hydrogen-bond acceptors (Lipinski definition) is 6. The number of thiophene rings is 1. The highest BCUT2D eigenvalue weighted by Gasteiger charge is 2.32. The Morgan fingerprint density at radius 1 is 1.29 bits per heavy atom. The fraction of sp³-hybridized carbons (Fsp3) is 0.391. The molecule has 0 radical (unpaired) electrons. The van der Waals surface area contributed by atoms with Gasteiger partial charge < -0.3 is 10.1 Å². The second-order valence-corrected chi connectivity index (χ2v) is 9.66. The highest BCUT2D eigenvalue weighted by Crippen LogP contribution is 2.43. The predicted octanol–water partition coefficient (Wildman–Crippen LogP) is 4.58. The van der Waals surface area contributed by atoms with Crippen LogP contribution < -0.4 is 5.32 Å². The number of hydrogen-bond donors (Lipinski definition) is 1. The number of esters is 1. The summed E-state index contributed by atoms with van der Waals surface area (Å²) in [4.78, 5) is 25.5. The summed E-state index contributed by atoms with van der Waals surface area (Å²) >= 11 is 1.39. The molecule has 31 heavy (non-hydrogen) atoms. The van der Waals surface area contributed by atoms with Crippen LogP contribution in [0.25, 0.3) is 0 Å². The van der Waals surface area contributed by atoms with E-state index in [1.807, 2.05) is 0 Å². The highest BCUT2D eigenvalue weighted by atomic mass is 32.1. The Hall–Kier alpha value is -3.23. The summed E-state index contributed by atoms with van der Waals surface area (Å²) in [6.07, 6.45) is 2.64. The van der Waals surface area contributed by atoms with Gasteiger partial charge in [-0.2, -0.15) is 10.5 Å². The number of fused-ring (bicyclic) bond motifs is 1. The average molecular weight is 440 g/mol. The summed E-state index contributed by atoms with van der Waals surface area (Å²) < 4.78 is 18.8. The van der Waals surface area contributed by atoms with E-state index < -0.39 is 24.3 Å². The van der Waals surface area contributed by atoms with Crippen LogP contribution in [-0.4, -0.2) is 18.5 Å². The lowest BCUT2D eigenvalue weighted by atomic mass is 9.72. The molecule has 8 heteroatoms. The van der Waals surface area contributed by atoms with Crippen molar-refractivity contribution in [3.8, 4) is 12.1 Å². The van der Waals surface area contributed by atoms with Crippen molar-refractivity contribution in [2.24, 2.45) is 11.3 Å². The number of benzene rings is 1. The zero-order chi connectivity index (χ0) is 22.8. The molecule has 1 atom stereocenters. The summed E-state index contributed by atoms with van der Waals surface area (Å²) in [7, 11) is 0. The van der Waals surface area contributed by atoms with E-state index in [0.29, 0.717) is 16.5 Å². The molecule has 0 bridgehead atoms. The van der Waals surface area contributed by atoms with E-state index in [1.165, 1.54) is 17.4 Å². The molecular weight excluding hydrogens is 417 g/mol. The largest absolute Gasteiger partial charge is 0.452 e. The molecule has 1 amide bonds. The van der Waals surface area contributed by atoms with Gasteiger partial charge in [-0.05, 0) is 54.4 Å². The fourth-order valence-corrected chi connectivity index (χ4v) is 4.95. The third kappa shape index (κ3) is 4.92. The van der Waals surface area contributed by atoms with E-state index in [-0.39, 0.29) is 16.5 Å². The summed E-state index contributed by atoms with van der Waals surface area (Å²) in [6.45, 7) is 6.00. The first-order chi connectivity index (χ1) is 14.6. The molecule has 1 heterocycles. The first-order valence-electron chi connectivity index (χ1n) is 9.85. The molecule has 0 unspecified atom stereocenters. The molecule has 0 saturated heterocycles. The molecule has 1 aliphatic rings. The van der Waals surface area contributed by atoms with Crippen LogP contribution in [0.1, 0.15) is 59.1 Å². The van der Waals surface area contributed by atoms with Gasteiger partial charge in [0.1, 0.15) is 16.9 Å². The summed E-state index contributed by atoms with van der Waals surface area (Å²) in [5.41, 5.74) is 1.33. The Balaban J connectivity index is 1.66. The highest BCUT2D eigenvalue weighted by molar-refractivity contribution is 7.16. The van der Waals surface area contributed by atoms with Gasteiger partial charge in [-0.3, -0.25) is 4.79 Å². The van der Waals surface area contributed by atoms with E-state index >= 15 is 0 Å². The lowest BCUT2D eigenvalue weighted by Gasteiger charge is -2.33. The number of nitriles is 2. The van der Waals surface area contributed by atoms with E-state index in [9.17, 15) is 19.2 Å². The van der Waals surface area contributed by atoms with Crippen molar-refractivity contribution in [1.29, 1.82) is 10.5 Å². The second kappa shape index (κ2) is 8.87. The molecule has 1 aromatic carbocycles. The van der Waals surface area contributed by atoms with Crippen molar-refractivity contribution in [1.82, 2.24) is 0 Å². The van der Waals surface area contributed by atoms with Crippen LogP contribution in [0.5, 0.6) is 0 Å². The number of amides is 1. The Labute approximate surface area is 184 Å². The number of rotatable bonds is 4. The fourth-order valence-electron chi connectivity index (χ4n) is 3.65. The zero-order valence-corrected chi connectivity index (χ0v) is 18.4. The number of ether oxygens (including phenoxy) is 1. The van der Waals surface area contributed by atoms with Crippen molar-refractivity contribution in [3.05, 3.63) is 51.1 Å². The molecule has 0 fully saturated rings. The summed E-state index contributed by atoms with van der Waals surface area (Å²) in [5.74, 6) is -2.01. The van der Waals surface area contributed by atoms with Crippen LogP contribution in [0.15, 0.2) is 18.2 Å². The maximum Gasteiger partial charge on any atom is 0.341 e. The lowest BCUT2D eigenvalue weighted by Crippen LogP contribution is -2.26. The van der Waals surface area contributed by atoms with E-state index in [0.717, 1.165) is 41.8 Å². The standard InChI is InChI=1S/C23H22FN3O3S/c1-23(2,3)14-5-7-15-17(11-26)21(31-19(15)9-14)27-20(28)12-30-22(29)16-6-4-13(10-25)8-18(16)24/h4,6,8,14H,5,7,9,12H2,1-3H3,(H,27,28)/t14-/m0/s1. The Bertz CT molecular complexity index is 1120. The maximum atomic E-state index is 13.9. The molecule has 1 aliphatic carbocycles. The number of nitrogens with zero attached hydrogens (tertiary/aromatic N) is 2. The van der Waals surface area contributed by atoms with Gasteiger partial charge in [0, 0.05) is 4.88 Å². The molecule has 0 saturated carbocycles. The molecule has 160 valence electrons. The second-order valence-electron chi connectivity index (χ2n) is 8.56. The van der Waals surface area contributed by atoms with Gasteiger partial charge in [-0.1, -0.05) is 20.8 Å². The Morgan fingerprint density at radius 2 is 2.03 bits per heavy atom. The van der Waals surface area contributed by atoms with Crippen LogP contribution in [0.4, 0.5) is 9.39 Å². The normalized spacial score (nSPS) is 15.4. The SMILES string of the molecule is CC(C)(C)[C@H]1CCc2c(sc(NC(=O)COC(=O)c3ccc(C#N)cc3F)c2C#N)C1. The predicted molar refractivity (Wildman–Crippen MR) is 114 cm³/mol. The van der Waals surface area contributed by atoms with Crippen molar-refractivity contribution >= 4 is 28.2 Å². The first kappa shape index (κ1) is 22.5. The Morgan fingerprint density at radius 3 is 2.65 bits per heavy atom. The molecule has 0 aliphatic heterocycles. The molecule has 0 spiro atoms. The molecule has 1 aromatic heterocycles. The molecule has 6 nitrogen and oxygen atoms in total. The van der Waals surface area contributed by atoms with Crippen molar-refractivity contribution in [2.45, 2.75) is 40.0 Å². The number of carbonyl (C=O) groups is 2. The van der Waals surface area contributed by atoms with Gasteiger partial charge in [0.05, 0.1) is 22.8 Å². The smallest absolute Gasteiger partial charge is 0.341 e. The van der Waals surface area contributed by atoms with Crippen LogP contribution in [0.2, 0.25) is 0 Å². The van der Waals surface area contributed by atoms with Crippen LogP contribution in [-0.2, 0) is 22.4 Å². The maximum absolute atomic E-state index is 13.9. The van der Waals surface area contributed by atoms with Crippen LogP contribution >= 0.6 is 11.3 Å². The summed E-state index contributed by atoms with van der Waals surface area (Å²) in [6, 6.07) is 7.31. The van der Waals surface area contributed by atoms with Crippen molar-refractivity contribution in [2.75, 3.05) is 11.9 Å². The van der Waals surface area contributed by atoms with Gasteiger partial charge in [-0.15, -0.1) is 11.3 Å². The molecule has 3 rings (SSSR count). The minimum absolute atomic E-state index is 0.0752. The number of nitrogens with one attached hydrogen (secondary N) is 1. The van der Waals surface area contributed by atoms with Crippen LogP contribution in [0, 0.1) is 39.8 Å². The molecule has 1 N–H and O–H groups in total. The monoisotopic (exact) mass is 439 g/mol.